The number of likely N-dealkylation sites (N-methyl/N-ethyl adjacent to an activating group) is 1. The number of nitrogens with zero attached hydrogens (tertiary/aromatic N) is 3. The molecule has 0 spiro atoms. The van der Waals surface area contributed by atoms with Gasteiger partial charge in [0.1, 0.15) is 0 Å². The second-order valence-electron chi connectivity index (χ2n) is 4.78. The first-order chi connectivity index (χ1) is 8.09. The fourth-order valence-electron chi connectivity index (χ4n) is 1.83. The third kappa shape index (κ3) is 2.56. The van der Waals surface area contributed by atoms with Crippen LogP contribution < -0.4 is 5.32 Å². The molecule has 0 radical (unpaired) electrons. The molecule has 5 nitrogen and oxygen atoms in total. The van der Waals surface area contributed by atoms with Gasteiger partial charge in [-0.1, -0.05) is 10.7 Å². The lowest BCUT2D eigenvalue weighted by Crippen LogP contribution is -2.44. The quantitative estimate of drug-likeness (QED) is 0.842. The minimum absolute atomic E-state index is 0.214. The molecule has 0 amide bonds. The van der Waals surface area contributed by atoms with E-state index in [1.165, 1.54) is 5.57 Å². The van der Waals surface area contributed by atoms with Crippen LogP contribution in [0, 0.1) is 0 Å². The van der Waals surface area contributed by atoms with Crippen LogP contribution in [-0.2, 0) is 0 Å². The predicted octanol–water partition coefficient (Wildman–Crippen LogP) is 1.46. The fraction of sp³-hybridized carbons (Fsp3) is 0.667. The van der Waals surface area contributed by atoms with E-state index >= 15 is 0 Å². The van der Waals surface area contributed by atoms with Crippen LogP contribution in [-0.4, -0.2) is 41.7 Å². The first-order valence-corrected chi connectivity index (χ1v) is 5.98. The van der Waals surface area contributed by atoms with Gasteiger partial charge in [-0.25, -0.2) is 0 Å². The Morgan fingerprint density at radius 3 is 2.82 bits per heavy atom. The molecule has 94 valence electrons. The van der Waals surface area contributed by atoms with Gasteiger partial charge >= 0.3 is 0 Å². The Balaban J connectivity index is 2.20. The Hall–Kier alpha value is -1.20. The Labute approximate surface area is 102 Å². The van der Waals surface area contributed by atoms with E-state index in [1.807, 2.05) is 20.8 Å². The van der Waals surface area contributed by atoms with Gasteiger partial charge in [-0.05, 0) is 27.8 Å². The molecule has 1 N–H and O–H groups in total. The number of piperazine rings is 1. The highest BCUT2D eigenvalue weighted by molar-refractivity contribution is 5.58. The molecule has 1 saturated heterocycles. The van der Waals surface area contributed by atoms with E-state index < -0.39 is 0 Å². The van der Waals surface area contributed by atoms with Crippen molar-refractivity contribution in [2.75, 3.05) is 26.7 Å². The van der Waals surface area contributed by atoms with E-state index in [9.17, 15) is 0 Å². The third-order valence-electron chi connectivity index (χ3n) is 3.32. The summed E-state index contributed by atoms with van der Waals surface area (Å²) in [5, 5.41) is 7.44. The molecule has 0 saturated carbocycles. The summed E-state index contributed by atoms with van der Waals surface area (Å²) in [6, 6.07) is 0.214. The number of aromatic nitrogens is 2. The lowest BCUT2D eigenvalue weighted by atomic mass is 10.1. The zero-order valence-corrected chi connectivity index (χ0v) is 10.9. The van der Waals surface area contributed by atoms with Crippen molar-refractivity contribution in [3.05, 3.63) is 17.3 Å². The Bertz CT molecular complexity index is 420. The van der Waals surface area contributed by atoms with Crippen molar-refractivity contribution in [2.45, 2.75) is 26.8 Å². The minimum Gasteiger partial charge on any atom is -0.334 e. The van der Waals surface area contributed by atoms with Crippen molar-refractivity contribution in [3.63, 3.8) is 0 Å². The predicted molar refractivity (Wildman–Crippen MR) is 66.5 cm³/mol. The van der Waals surface area contributed by atoms with Crippen molar-refractivity contribution in [2.24, 2.45) is 0 Å². The van der Waals surface area contributed by atoms with Gasteiger partial charge in [0.2, 0.25) is 0 Å². The summed E-state index contributed by atoms with van der Waals surface area (Å²) in [7, 11) is 2.09. The summed E-state index contributed by atoms with van der Waals surface area (Å²) in [6.45, 7) is 9.01. The number of hydrogen-bond donors (Lipinski definition) is 1. The molecule has 1 aromatic heterocycles. The highest BCUT2D eigenvalue weighted by Gasteiger charge is 2.25. The van der Waals surface area contributed by atoms with Crippen LogP contribution in [0.15, 0.2) is 10.1 Å². The van der Waals surface area contributed by atoms with Crippen molar-refractivity contribution in [3.8, 4) is 0 Å². The van der Waals surface area contributed by atoms with Crippen LogP contribution in [0.5, 0.6) is 0 Å². The first kappa shape index (κ1) is 12.3. The van der Waals surface area contributed by atoms with E-state index in [2.05, 4.69) is 27.4 Å². The molecular formula is C12H20N4O. The van der Waals surface area contributed by atoms with Crippen molar-refractivity contribution < 1.29 is 4.52 Å². The largest absolute Gasteiger partial charge is 0.334 e. The fourth-order valence-corrected chi connectivity index (χ4v) is 1.83. The standard InChI is InChI=1S/C12H20N4O/c1-8(2)9(3)12-14-11(15-17-12)10-7-13-5-6-16(10)4/h10,13H,5-7H2,1-4H3. The number of rotatable bonds is 2. The highest BCUT2D eigenvalue weighted by Crippen LogP contribution is 2.21. The van der Waals surface area contributed by atoms with E-state index in [4.69, 9.17) is 4.52 Å². The molecule has 17 heavy (non-hydrogen) atoms. The maximum atomic E-state index is 5.32. The smallest absolute Gasteiger partial charge is 0.253 e. The molecule has 1 unspecified atom stereocenters. The Kier molecular flexibility index (Phi) is 3.59. The van der Waals surface area contributed by atoms with Crippen molar-refractivity contribution >= 4 is 5.57 Å². The van der Waals surface area contributed by atoms with E-state index in [-0.39, 0.29) is 6.04 Å². The van der Waals surface area contributed by atoms with Gasteiger partial charge in [-0.15, -0.1) is 0 Å². The highest BCUT2D eigenvalue weighted by atomic mass is 16.5. The normalized spacial score (nSPS) is 21.5. The van der Waals surface area contributed by atoms with Crippen molar-refractivity contribution in [1.82, 2.24) is 20.4 Å². The van der Waals surface area contributed by atoms with E-state index in [0.717, 1.165) is 31.0 Å². The summed E-state index contributed by atoms with van der Waals surface area (Å²) in [4.78, 5) is 6.74. The van der Waals surface area contributed by atoms with Gasteiger partial charge in [-0.3, -0.25) is 4.90 Å². The van der Waals surface area contributed by atoms with Gasteiger partial charge in [0.25, 0.3) is 5.89 Å². The van der Waals surface area contributed by atoms with Gasteiger partial charge < -0.3 is 9.84 Å². The zero-order chi connectivity index (χ0) is 12.4. The Morgan fingerprint density at radius 1 is 1.41 bits per heavy atom. The van der Waals surface area contributed by atoms with Crippen LogP contribution in [0.1, 0.15) is 38.5 Å². The molecule has 1 atom stereocenters. The summed E-state index contributed by atoms with van der Waals surface area (Å²) >= 11 is 0. The number of hydrogen-bond acceptors (Lipinski definition) is 5. The lowest BCUT2D eigenvalue weighted by molar-refractivity contribution is 0.190. The molecule has 5 heteroatoms. The van der Waals surface area contributed by atoms with E-state index in [0.29, 0.717) is 5.89 Å². The molecule has 1 fully saturated rings. The van der Waals surface area contributed by atoms with E-state index in [1.54, 1.807) is 0 Å². The lowest BCUT2D eigenvalue weighted by Gasteiger charge is -2.30. The molecule has 2 rings (SSSR count). The maximum absolute atomic E-state index is 5.32. The molecule has 0 aliphatic carbocycles. The molecule has 1 aliphatic heterocycles. The summed E-state index contributed by atoms with van der Waals surface area (Å²) in [5.74, 6) is 1.41. The molecule has 0 aromatic carbocycles. The van der Waals surface area contributed by atoms with Crippen LogP contribution in [0.2, 0.25) is 0 Å². The molecular weight excluding hydrogens is 216 g/mol. The second kappa shape index (κ2) is 4.98. The molecule has 1 aromatic rings. The SMILES string of the molecule is CC(C)=C(C)c1nc(C2CNCCN2C)no1. The van der Waals surface area contributed by atoms with Crippen LogP contribution in [0.4, 0.5) is 0 Å². The topological polar surface area (TPSA) is 54.2 Å². The monoisotopic (exact) mass is 236 g/mol. The third-order valence-corrected chi connectivity index (χ3v) is 3.32. The van der Waals surface area contributed by atoms with Crippen LogP contribution in [0.3, 0.4) is 0 Å². The van der Waals surface area contributed by atoms with Gasteiger partial charge in [0, 0.05) is 25.2 Å². The average molecular weight is 236 g/mol. The van der Waals surface area contributed by atoms with Gasteiger partial charge in [0.15, 0.2) is 5.82 Å². The molecule has 2 heterocycles. The van der Waals surface area contributed by atoms with Crippen molar-refractivity contribution in [1.29, 1.82) is 0 Å². The first-order valence-electron chi connectivity index (χ1n) is 5.98. The van der Waals surface area contributed by atoms with Crippen LogP contribution in [0.25, 0.3) is 5.57 Å². The average Bonchev–Trinajstić information content (AvgIpc) is 2.77. The summed E-state index contributed by atoms with van der Waals surface area (Å²) in [6.07, 6.45) is 0. The second-order valence-corrected chi connectivity index (χ2v) is 4.78. The minimum atomic E-state index is 0.214. The zero-order valence-electron chi connectivity index (χ0n) is 10.9. The van der Waals surface area contributed by atoms with Gasteiger partial charge in [0.05, 0.1) is 6.04 Å². The Morgan fingerprint density at radius 2 is 2.18 bits per heavy atom. The maximum Gasteiger partial charge on any atom is 0.253 e. The number of allylic oxidation sites excluding steroid dienone is 2. The van der Waals surface area contributed by atoms with Gasteiger partial charge in [-0.2, -0.15) is 4.98 Å². The molecule has 0 bridgehead atoms. The summed E-state index contributed by atoms with van der Waals surface area (Å²) in [5.41, 5.74) is 2.27. The number of nitrogens with one attached hydrogen (secondary N) is 1. The molecule has 1 aliphatic rings. The summed E-state index contributed by atoms with van der Waals surface area (Å²) < 4.78 is 5.32. The van der Waals surface area contributed by atoms with Crippen LogP contribution >= 0.6 is 0 Å².